The molecule has 0 aliphatic carbocycles. The topological polar surface area (TPSA) is 71.2 Å². The number of Topliss-reactive ketones (excluding diaryl/α,β-unsaturated/α-hetero) is 1. The Morgan fingerprint density at radius 2 is 1.01 bits per heavy atom. The number of rotatable bonds is 3. The van der Waals surface area contributed by atoms with E-state index in [9.17, 15) is 4.79 Å². The van der Waals surface area contributed by atoms with Crippen molar-refractivity contribution in [3.8, 4) is 17.2 Å². The van der Waals surface area contributed by atoms with Gasteiger partial charge in [-0.3, -0.25) is 0 Å². The second kappa shape index (κ2) is 16.0. The van der Waals surface area contributed by atoms with E-state index in [0.717, 1.165) is 77.5 Å². The van der Waals surface area contributed by atoms with Crippen molar-refractivity contribution < 1.29 is 24.5 Å². The molecule has 0 radical (unpaired) electrons. The minimum Gasteiger partial charge on any atom is -0.496 e. The fourth-order valence-electron chi connectivity index (χ4n) is 11.0. The molecule has 0 unspecified atom stereocenters. The third-order valence-electron chi connectivity index (χ3n) is 14.0. The first-order chi connectivity index (χ1) is 35.1. The van der Waals surface area contributed by atoms with Crippen LogP contribution in [-0.2, 0) is 4.79 Å². The first kappa shape index (κ1) is 41.5. The number of furan rings is 2. The number of ketones is 1. The minimum absolute atomic E-state index is 0.0787. The van der Waals surface area contributed by atoms with Gasteiger partial charge in [-0.1, -0.05) is 78.3 Å². The highest BCUT2D eigenvalue weighted by molar-refractivity contribution is 6.37. The second-order valence-electron chi connectivity index (χ2n) is 18.6. The van der Waals surface area contributed by atoms with Gasteiger partial charge in [0.1, 0.15) is 39.6 Å². The van der Waals surface area contributed by atoms with Gasteiger partial charge < -0.3 is 32.1 Å². The summed E-state index contributed by atoms with van der Waals surface area (Å²) in [5, 5.41) is 17.1. The van der Waals surface area contributed by atoms with Gasteiger partial charge in [-0.05, 0) is 157 Å². The van der Waals surface area contributed by atoms with E-state index in [-0.39, 0.29) is 12.7 Å². The van der Waals surface area contributed by atoms with Crippen LogP contribution in [0.3, 0.4) is 0 Å². The number of benzene rings is 10. The number of fused-ring (bicyclic) bond motifs is 17. The molecule has 0 saturated carbocycles. The van der Waals surface area contributed by atoms with Gasteiger partial charge in [0, 0.05) is 50.1 Å². The zero-order valence-corrected chi connectivity index (χ0v) is 40.4. The molecule has 0 N–H and O–H groups in total. The Morgan fingerprint density at radius 1 is 0.493 bits per heavy atom. The number of aryl methyl sites for hydroxylation is 2. The molecule has 5 aromatic heterocycles. The van der Waals surface area contributed by atoms with Crippen molar-refractivity contribution in [2.75, 3.05) is 14.2 Å². The van der Waals surface area contributed by atoms with Gasteiger partial charge >= 0.3 is 0 Å². The summed E-state index contributed by atoms with van der Waals surface area (Å²) >= 11 is 6.78. The average Bonchev–Trinajstić information content (AvgIpc) is 4.20. The molecule has 0 amide bonds. The summed E-state index contributed by atoms with van der Waals surface area (Å²) in [6, 6.07) is 57.9. The van der Waals surface area contributed by atoms with Crippen LogP contribution in [0.25, 0.3) is 131 Å². The van der Waals surface area contributed by atoms with Crippen LogP contribution in [0.1, 0.15) is 26.3 Å². The summed E-state index contributed by atoms with van der Waals surface area (Å²) in [6.45, 7) is 5.50. The van der Waals surface area contributed by atoms with Crippen molar-refractivity contribution in [3.63, 3.8) is 0 Å². The van der Waals surface area contributed by atoms with Gasteiger partial charge in [0.05, 0.1) is 57.6 Å². The molecule has 8 heteroatoms. The zero-order chi connectivity index (χ0) is 49.1. The summed E-state index contributed by atoms with van der Waals surface area (Å²) < 4.78 is 34.9. The summed E-state index contributed by atoms with van der Waals surface area (Å²) in [7, 11) is 3.45. The number of nitrogens with zero attached hydrogens (tertiary/aromatic N) is 2. The molecule has 0 saturated heterocycles. The predicted molar refractivity (Wildman–Crippen MR) is 295 cm³/mol. The molecule has 0 atom stereocenters. The summed E-state index contributed by atoms with van der Waals surface area (Å²) in [4.78, 5) is 9.62. The van der Waals surface area contributed by atoms with Crippen LogP contribution in [0.2, 0.25) is 5.02 Å². The lowest BCUT2D eigenvalue weighted by molar-refractivity contribution is -0.115. The van der Waals surface area contributed by atoms with Crippen LogP contribution in [0, 0.1) is 13.8 Å². The SMILES string of the molecule is COc1ccc(Cl)c2c1c1ccccc1n2-c1ccc2cc3c(cc2c1)oc1cc(C)ccc13.COc1ccc2c3cc4cc5c(cc4cc3n3c4ccccc4c1c23)oc1cc(C)ccc15.[2H]CC(C)=O. The van der Waals surface area contributed by atoms with E-state index in [4.69, 9.17) is 31.3 Å². The molecule has 0 aliphatic rings. The normalized spacial score (nSPS) is 12.1. The Bertz CT molecular complexity index is 4730. The predicted octanol–water partition coefficient (Wildman–Crippen LogP) is 17.6. The summed E-state index contributed by atoms with van der Waals surface area (Å²) in [6.07, 6.45) is 0. The number of carbonyl (C=O) groups is 1. The number of para-hydroxylation sites is 2. The Balaban J connectivity index is 0.000000128. The van der Waals surface area contributed by atoms with Crippen molar-refractivity contribution in [2.45, 2.75) is 27.7 Å². The van der Waals surface area contributed by atoms with E-state index in [1.807, 2.05) is 18.2 Å². The zero-order valence-electron chi connectivity index (χ0n) is 40.6. The van der Waals surface area contributed by atoms with E-state index in [0.29, 0.717) is 5.02 Å². The molecular weight excluding hydrogens is 900 g/mol. The van der Waals surface area contributed by atoms with Crippen LogP contribution in [0.15, 0.2) is 173 Å². The van der Waals surface area contributed by atoms with Crippen molar-refractivity contribution in [1.82, 2.24) is 8.97 Å². The summed E-state index contributed by atoms with van der Waals surface area (Å²) in [5.74, 6) is 1.65. The third kappa shape index (κ3) is 6.53. The molecule has 7 nitrogen and oxygen atoms in total. The second-order valence-corrected chi connectivity index (χ2v) is 19.0. The number of aromatic nitrogens is 2. The molecule has 0 bridgehead atoms. The van der Waals surface area contributed by atoms with Gasteiger partial charge in [0.2, 0.25) is 0 Å². The van der Waals surface area contributed by atoms with Gasteiger partial charge in [0.25, 0.3) is 0 Å². The quantitative estimate of drug-likeness (QED) is 0.176. The fourth-order valence-corrected chi connectivity index (χ4v) is 11.2. The van der Waals surface area contributed by atoms with Crippen LogP contribution in [-0.4, -0.2) is 29.0 Å². The van der Waals surface area contributed by atoms with Gasteiger partial charge in [0.15, 0.2) is 0 Å². The van der Waals surface area contributed by atoms with E-state index < -0.39 is 0 Å². The Morgan fingerprint density at radius 3 is 1.66 bits per heavy atom. The number of halogens is 1. The maximum Gasteiger partial charge on any atom is 0.136 e. The molecular formula is C63H45ClN2O5. The Hall–Kier alpha value is -8.52. The number of ether oxygens (including phenoxy) is 2. The van der Waals surface area contributed by atoms with Crippen LogP contribution < -0.4 is 9.47 Å². The molecule has 0 fully saturated rings. The highest BCUT2D eigenvalue weighted by Gasteiger charge is 2.22. The largest absolute Gasteiger partial charge is 0.496 e. The van der Waals surface area contributed by atoms with Crippen LogP contribution in [0.5, 0.6) is 11.5 Å². The minimum atomic E-state index is -0.0833. The highest BCUT2D eigenvalue weighted by atomic mass is 35.5. The van der Waals surface area contributed by atoms with Gasteiger partial charge in [-0.15, -0.1) is 0 Å². The third-order valence-corrected chi connectivity index (χ3v) is 14.3. The molecule has 15 aromatic rings. The van der Waals surface area contributed by atoms with Gasteiger partial charge in [-0.25, -0.2) is 0 Å². The van der Waals surface area contributed by atoms with Crippen molar-refractivity contribution in [2.24, 2.45) is 0 Å². The van der Waals surface area contributed by atoms with E-state index in [2.05, 4.69) is 168 Å². The van der Waals surface area contributed by atoms with E-state index in [1.165, 1.54) is 83.1 Å². The molecule has 344 valence electrons. The first-order valence-corrected chi connectivity index (χ1v) is 23.9. The molecule has 5 heterocycles. The lowest BCUT2D eigenvalue weighted by Gasteiger charge is -2.11. The van der Waals surface area contributed by atoms with E-state index >= 15 is 0 Å². The van der Waals surface area contributed by atoms with Crippen molar-refractivity contribution >= 4 is 143 Å². The number of hydrogen-bond donors (Lipinski definition) is 0. The molecule has 0 spiro atoms. The number of carbonyl (C=O) groups excluding carboxylic acids is 1. The monoisotopic (exact) mass is 945 g/mol. The number of methoxy groups -OCH3 is 2. The Kier molecular flexibility index (Phi) is 9.35. The van der Waals surface area contributed by atoms with Crippen molar-refractivity contribution in [1.29, 1.82) is 0 Å². The fraction of sp³-hybridized carbons (Fsp3) is 0.0952. The average molecular weight is 947 g/mol. The molecule has 15 rings (SSSR count). The van der Waals surface area contributed by atoms with Crippen molar-refractivity contribution in [3.05, 3.63) is 180 Å². The lowest BCUT2D eigenvalue weighted by atomic mass is 10.0. The van der Waals surface area contributed by atoms with Gasteiger partial charge in [-0.2, -0.15) is 0 Å². The first-order valence-electron chi connectivity index (χ1n) is 24.2. The van der Waals surface area contributed by atoms with E-state index in [1.54, 1.807) is 14.2 Å². The molecule has 71 heavy (non-hydrogen) atoms. The maximum absolute atomic E-state index is 9.62. The highest BCUT2D eigenvalue weighted by Crippen LogP contribution is 2.46. The lowest BCUT2D eigenvalue weighted by Crippen LogP contribution is -1.95. The standard InChI is InChI=1S/C30H20ClNO2.C30H19NO2.C3H6O/c1-17-7-10-21-23-15-18-8-9-20(14-19(18)16-28(23)34-27(21)13-17)32-25-6-4-3-5-22(25)29-26(33-2)12-11-24(31)30(29)32;1-16-7-8-19-23-13-17-12-22-20-9-10-26(32-2)29-21-5-3-4-6-24(21)31(30(20)29)25(22)14-18(17)15-28(23)33-27(19)11-16;1-3(2)4/h3-16H,1-2H3;3-15H,1-2H3;1-2H3/i;;1D. The maximum atomic E-state index is 9.62. The molecule has 0 aliphatic heterocycles. The Labute approximate surface area is 413 Å². The smallest absolute Gasteiger partial charge is 0.136 e. The summed E-state index contributed by atoms with van der Waals surface area (Å²) in [5.41, 5.74) is 12.8. The number of hydrogen-bond acceptors (Lipinski definition) is 5. The van der Waals surface area contributed by atoms with Crippen LogP contribution >= 0.6 is 11.6 Å². The molecule has 10 aromatic carbocycles. The van der Waals surface area contributed by atoms with Crippen LogP contribution in [0.4, 0.5) is 0 Å².